The fourth-order valence-corrected chi connectivity index (χ4v) is 3.16. The highest BCUT2D eigenvalue weighted by molar-refractivity contribution is 5.82. The van der Waals surface area contributed by atoms with Gasteiger partial charge < -0.3 is 14.8 Å². The number of hydrogen-bond acceptors (Lipinski definition) is 7. The Kier molecular flexibility index (Phi) is 5.23. The highest BCUT2D eigenvalue weighted by Crippen LogP contribution is 2.36. The summed E-state index contributed by atoms with van der Waals surface area (Å²) in [5.41, 5.74) is 1.94. The Hall–Kier alpha value is -3.18. The fourth-order valence-electron chi connectivity index (χ4n) is 3.16. The van der Waals surface area contributed by atoms with Gasteiger partial charge in [-0.05, 0) is 37.5 Å². The molecule has 0 saturated heterocycles. The van der Waals surface area contributed by atoms with E-state index in [2.05, 4.69) is 26.6 Å². The van der Waals surface area contributed by atoms with Gasteiger partial charge in [-0.15, -0.1) is 0 Å². The maximum absolute atomic E-state index is 12.1. The van der Waals surface area contributed by atoms with E-state index in [0.717, 1.165) is 11.3 Å². The van der Waals surface area contributed by atoms with Crippen LogP contribution in [0.1, 0.15) is 36.2 Å². The highest BCUT2D eigenvalue weighted by atomic mass is 16.6. The molecule has 1 aliphatic carbocycles. The maximum Gasteiger partial charge on any atom is 0.338 e. The van der Waals surface area contributed by atoms with Gasteiger partial charge in [0.15, 0.2) is 11.4 Å². The molecule has 140 valence electrons. The molecule has 3 rings (SSSR count). The van der Waals surface area contributed by atoms with Crippen molar-refractivity contribution in [1.29, 1.82) is 5.26 Å². The molecule has 0 bridgehead atoms. The molecule has 27 heavy (non-hydrogen) atoms. The summed E-state index contributed by atoms with van der Waals surface area (Å²) in [6.07, 6.45) is 3.28. The van der Waals surface area contributed by atoms with Crippen molar-refractivity contribution >= 4 is 23.2 Å². The fraction of sp³-hybridized carbons (Fsp3) is 0.368. The number of nitriles is 1. The molecule has 0 amide bonds. The minimum atomic E-state index is -0.979. The van der Waals surface area contributed by atoms with Crippen LogP contribution in [0, 0.1) is 18.3 Å². The molecule has 1 unspecified atom stereocenters. The predicted octanol–water partition coefficient (Wildman–Crippen LogP) is 2.85. The zero-order chi connectivity index (χ0) is 19.4. The number of nitrogens with one attached hydrogen (secondary N) is 2. The van der Waals surface area contributed by atoms with Crippen LogP contribution in [0.15, 0.2) is 24.3 Å². The summed E-state index contributed by atoms with van der Waals surface area (Å²) in [4.78, 5) is 16.7. The van der Waals surface area contributed by atoms with Gasteiger partial charge in [-0.2, -0.15) is 10.4 Å². The minimum absolute atomic E-state index is 0.369. The molecule has 0 spiro atoms. The maximum atomic E-state index is 12.1. The lowest BCUT2D eigenvalue weighted by Crippen LogP contribution is -2.42. The van der Waals surface area contributed by atoms with E-state index in [1.807, 2.05) is 19.1 Å². The number of carbonyl (C=O) groups excluding carboxylic acids is 1. The van der Waals surface area contributed by atoms with Crippen LogP contribution in [0.4, 0.5) is 11.6 Å². The second-order valence-electron chi connectivity index (χ2n) is 6.39. The lowest BCUT2D eigenvalue weighted by molar-refractivity contribution is -0.166. The van der Waals surface area contributed by atoms with E-state index in [1.54, 1.807) is 12.1 Å². The molecule has 2 heterocycles. The highest BCUT2D eigenvalue weighted by Gasteiger charge is 2.41. The van der Waals surface area contributed by atoms with Crippen molar-refractivity contribution in [2.75, 3.05) is 19.5 Å². The molecule has 1 aliphatic rings. The Morgan fingerprint density at radius 2 is 2.19 bits per heavy atom. The number of carbonyl (C=O) groups is 1. The number of nitrogens with zero attached hydrogens (tertiary/aromatic N) is 3. The molecule has 0 radical (unpaired) electrons. The average molecular weight is 367 g/mol. The van der Waals surface area contributed by atoms with Gasteiger partial charge in [-0.1, -0.05) is 6.08 Å². The van der Waals surface area contributed by atoms with Crippen molar-refractivity contribution < 1.29 is 14.3 Å². The van der Waals surface area contributed by atoms with Crippen LogP contribution >= 0.6 is 0 Å². The van der Waals surface area contributed by atoms with Crippen molar-refractivity contribution in [2.45, 2.75) is 31.8 Å². The summed E-state index contributed by atoms with van der Waals surface area (Å²) < 4.78 is 10.3. The molecule has 2 aromatic heterocycles. The van der Waals surface area contributed by atoms with Crippen LogP contribution in [0.2, 0.25) is 0 Å². The van der Waals surface area contributed by atoms with Crippen LogP contribution in [-0.4, -0.2) is 41.0 Å². The van der Waals surface area contributed by atoms with Gasteiger partial charge in [0.2, 0.25) is 0 Å². The van der Waals surface area contributed by atoms with Gasteiger partial charge in [0.25, 0.3) is 0 Å². The first kappa shape index (κ1) is 18.6. The van der Waals surface area contributed by atoms with E-state index in [-0.39, 0.29) is 0 Å². The Morgan fingerprint density at radius 3 is 2.74 bits per heavy atom. The van der Waals surface area contributed by atoms with Gasteiger partial charge in [0, 0.05) is 25.3 Å². The topological polar surface area (TPSA) is 113 Å². The third-order valence-corrected chi connectivity index (χ3v) is 4.71. The Morgan fingerprint density at radius 1 is 1.37 bits per heavy atom. The molecule has 2 aromatic rings. The minimum Gasteiger partial charge on any atom is -0.467 e. The monoisotopic (exact) mass is 367 g/mol. The number of esters is 1. The van der Waals surface area contributed by atoms with Crippen molar-refractivity contribution in [1.82, 2.24) is 15.2 Å². The summed E-state index contributed by atoms with van der Waals surface area (Å²) in [5.74, 6) is 0.850. The summed E-state index contributed by atoms with van der Waals surface area (Å²) >= 11 is 0. The van der Waals surface area contributed by atoms with Gasteiger partial charge in [0.05, 0.1) is 18.4 Å². The predicted molar refractivity (Wildman–Crippen MR) is 99.1 cm³/mol. The molecule has 0 fully saturated rings. The summed E-state index contributed by atoms with van der Waals surface area (Å²) in [6.45, 7) is 1.91. The van der Waals surface area contributed by atoms with Gasteiger partial charge in [0.1, 0.15) is 11.9 Å². The zero-order valence-corrected chi connectivity index (χ0v) is 15.5. The number of pyridine rings is 1. The quantitative estimate of drug-likeness (QED) is 0.781. The van der Waals surface area contributed by atoms with E-state index in [9.17, 15) is 10.1 Å². The second kappa shape index (κ2) is 7.60. The Bertz CT molecular complexity index is 928. The molecule has 0 saturated carbocycles. The normalized spacial score (nSPS) is 19.1. The smallest absolute Gasteiger partial charge is 0.338 e. The second-order valence-corrected chi connectivity index (χ2v) is 6.39. The third kappa shape index (κ3) is 3.68. The molecule has 2 N–H and O–H groups in total. The summed E-state index contributed by atoms with van der Waals surface area (Å²) in [6, 6.07) is 7.51. The number of hydrogen-bond donors (Lipinski definition) is 2. The number of aromatic amines is 1. The van der Waals surface area contributed by atoms with Gasteiger partial charge in [-0.25, -0.2) is 9.78 Å². The zero-order valence-electron chi connectivity index (χ0n) is 15.5. The number of rotatable bonds is 5. The SMILES string of the molecule is COC(=O)C1(OC)CC=C(c2nc(Nc3cc(C)[nH]n3)ccc2C#N)CC1. The molecule has 0 aromatic carbocycles. The first-order valence-electron chi connectivity index (χ1n) is 8.54. The molecular formula is C19H21N5O3. The van der Waals surface area contributed by atoms with E-state index in [0.29, 0.717) is 42.2 Å². The lowest BCUT2D eigenvalue weighted by atomic mass is 9.83. The average Bonchev–Trinajstić information content (AvgIpc) is 3.12. The molecular weight excluding hydrogens is 346 g/mol. The standard InChI is InChI=1S/C19H21N5O3/c1-12-10-16(24-23-12)21-15-5-4-14(11-20)17(22-15)13-6-8-19(27-3,9-7-13)18(25)26-2/h4-6,10H,7-9H2,1-3H3,(H2,21,22,23,24). The van der Waals surface area contributed by atoms with Crippen molar-refractivity contribution in [3.8, 4) is 6.07 Å². The largest absolute Gasteiger partial charge is 0.467 e. The molecule has 1 atom stereocenters. The van der Waals surface area contributed by atoms with Gasteiger partial charge >= 0.3 is 5.97 Å². The number of anilines is 2. The number of aryl methyl sites for hydroxylation is 1. The molecule has 8 nitrogen and oxygen atoms in total. The first-order valence-corrected chi connectivity index (χ1v) is 8.54. The van der Waals surface area contributed by atoms with Crippen LogP contribution in [0.3, 0.4) is 0 Å². The lowest BCUT2D eigenvalue weighted by Gasteiger charge is -2.32. The van der Waals surface area contributed by atoms with E-state index in [4.69, 9.17) is 9.47 Å². The Balaban J connectivity index is 1.89. The van der Waals surface area contributed by atoms with Crippen LogP contribution in [-0.2, 0) is 14.3 Å². The van der Waals surface area contributed by atoms with Gasteiger partial charge in [-0.3, -0.25) is 5.10 Å². The molecule has 0 aliphatic heterocycles. The van der Waals surface area contributed by atoms with Crippen LogP contribution in [0.5, 0.6) is 0 Å². The number of H-pyrrole nitrogens is 1. The third-order valence-electron chi connectivity index (χ3n) is 4.71. The van der Waals surface area contributed by atoms with Crippen molar-refractivity contribution in [3.63, 3.8) is 0 Å². The van der Waals surface area contributed by atoms with E-state index < -0.39 is 11.6 Å². The number of aromatic nitrogens is 3. The van der Waals surface area contributed by atoms with E-state index >= 15 is 0 Å². The van der Waals surface area contributed by atoms with Crippen LogP contribution in [0.25, 0.3) is 5.57 Å². The van der Waals surface area contributed by atoms with Crippen molar-refractivity contribution in [2.24, 2.45) is 0 Å². The summed E-state index contributed by atoms with van der Waals surface area (Å²) in [5, 5.41) is 19.6. The number of allylic oxidation sites excluding steroid dienone is 1. The first-order chi connectivity index (χ1) is 13.0. The molecule has 8 heteroatoms. The van der Waals surface area contributed by atoms with Crippen molar-refractivity contribution in [3.05, 3.63) is 41.2 Å². The number of methoxy groups -OCH3 is 2. The summed E-state index contributed by atoms with van der Waals surface area (Å²) in [7, 11) is 2.86. The van der Waals surface area contributed by atoms with Crippen LogP contribution < -0.4 is 5.32 Å². The van der Waals surface area contributed by atoms with E-state index in [1.165, 1.54) is 14.2 Å². The Labute approximate surface area is 157 Å². The number of ether oxygens (including phenoxy) is 2.